The molecule has 1 aromatic heterocycles. The van der Waals surface area contributed by atoms with E-state index in [1.54, 1.807) is 12.1 Å². The van der Waals surface area contributed by atoms with Gasteiger partial charge in [0.2, 0.25) is 0 Å². The third-order valence-electron chi connectivity index (χ3n) is 2.99. The molecule has 0 bridgehead atoms. The fourth-order valence-corrected chi connectivity index (χ4v) is 2.27. The molecule has 0 saturated heterocycles. The van der Waals surface area contributed by atoms with Crippen molar-refractivity contribution >= 4 is 11.6 Å². The van der Waals surface area contributed by atoms with Crippen molar-refractivity contribution in [3.8, 4) is 0 Å². The molecule has 0 spiro atoms. The molecule has 1 heterocycles. The Bertz CT molecular complexity index is 553. The summed E-state index contributed by atoms with van der Waals surface area (Å²) >= 11 is 5.92. The highest BCUT2D eigenvalue weighted by Crippen LogP contribution is 2.24. The second kappa shape index (κ2) is 6.22. The van der Waals surface area contributed by atoms with Gasteiger partial charge in [-0.15, -0.1) is 0 Å². The van der Waals surface area contributed by atoms with E-state index >= 15 is 0 Å². The molecule has 0 aliphatic rings. The van der Waals surface area contributed by atoms with E-state index in [0.717, 1.165) is 18.1 Å². The first-order chi connectivity index (χ1) is 9.10. The lowest BCUT2D eigenvalue weighted by molar-refractivity contribution is 0.400. The van der Waals surface area contributed by atoms with Crippen molar-refractivity contribution in [1.29, 1.82) is 0 Å². The van der Waals surface area contributed by atoms with Crippen LogP contribution in [0.1, 0.15) is 30.0 Å². The van der Waals surface area contributed by atoms with Crippen LogP contribution in [0.2, 0.25) is 5.02 Å². The lowest BCUT2D eigenvalue weighted by Gasteiger charge is -2.16. The van der Waals surface area contributed by atoms with Gasteiger partial charge in [0.05, 0.1) is 6.04 Å². The van der Waals surface area contributed by atoms with E-state index in [9.17, 15) is 4.39 Å². The van der Waals surface area contributed by atoms with Gasteiger partial charge in [-0.1, -0.05) is 18.5 Å². The van der Waals surface area contributed by atoms with E-state index in [2.05, 4.69) is 5.32 Å². The van der Waals surface area contributed by atoms with Gasteiger partial charge in [-0.3, -0.25) is 0 Å². The fourth-order valence-electron chi connectivity index (χ4n) is 2.08. The summed E-state index contributed by atoms with van der Waals surface area (Å²) in [6.45, 7) is 4.69. The van der Waals surface area contributed by atoms with Crippen molar-refractivity contribution in [1.82, 2.24) is 5.32 Å². The van der Waals surface area contributed by atoms with Gasteiger partial charge in [-0.2, -0.15) is 0 Å². The number of hydrogen-bond donors (Lipinski definition) is 1. The number of rotatable bonds is 5. The number of likely N-dealkylation sites (N-methyl/N-ethyl adjacent to an activating group) is 1. The minimum Gasteiger partial charge on any atom is -0.465 e. The molecule has 0 aliphatic heterocycles. The molecule has 2 aromatic rings. The highest BCUT2D eigenvalue weighted by Gasteiger charge is 2.17. The van der Waals surface area contributed by atoms with E-state index in [-0.39, 0.29) is 11.9 Å². The van der Waals surface area contributed by atoms with Gasteiger partial charge >= 0.3 is 0 Å². The zero-order valence-electron chi connectivity index (χ0n) is 11.0. The molecule has 1 unspecified atom stereocenters. The maximum atomic E-state index is 13.8. The molecule has 0 saturated carbocycles. The molecule has 0 fully saturated rings. The van der Waals surface area contributed by atoms with Crippen LogP contribution in [0, 0.1) is 12.7 Å². The minimum absolute atomic E-state index is 0.0494. The van der Waals surface area contributed by atoms with Crippen LogP contribution < -0.4 is 5.32 Å². The Labute approximate surface area is 117 Å². The van der Waals surface area contributed by atoms with Crippen molar-refractivity contribution in [2.24, 2.45) is 0 Å². The maximum Gasteiger partial charge on any atom is 0.126 e. The van der Waals surface area contributed by atoms with Crippen molar-refractivity contribution in [3.63, 3.8) is 0 Å². The van der Waals surface area contributed by atoms with Crippen LogP contribution in [-0.2, 0) is 6.42 Å². The molecule has 19 heavy (non-hydrogen) atoms. The predicted octanol–water partition coefficient (Wildman–Crippen LogP) is 4.27. The predicted molar refractivity (Wildman–Crippen MR) is 75.0 cm³/mol. The van der Waals surface area contributed by atoms with E-state index in [0.29, 0.717) is 17.0 Å². The number of hydrogen-bond acceptors (Lipinski definition) is 2. The SMILES string of the molecule is CCNC(Cc1cc(Cl)ccc1F)c1ccc(C)o1. The van der Waals surface area contributed by atoms with Crippen LogP contribution in [0.5, 0.6) is 0 Å². The molecule has 102 valence electrons. The van der Waals surface area contributed by atoms with Crippen LogP contribution in [0.3, 0.4) is 0 Å². The van der Waals surface area contributed by atoms with Gasteiger partial charge < -0.3 is 9.73 Å². The zero-order valence-corrected chi connectivity index (χ0v) is 11.8. The third kappa shape index (κ3) is 3.58. The second-order valence-electron chi connectivity index (χ2n) is 4.50. The Morgan fingerprint density at radius 1 is 1.32 bits per heavy atom. The summed E-state index contributed by atoms with van der Waals surface area (Å²) in [5.41, 5.74) is 0.590. The standard InChI is InChI=1S/C15H17ClFNO/c1-3-18-14(15-7-4-10(2)19-15)9-11-8-12(16)5-6-13(11)17/h4-8,14,18H,3,9H2,1-2H3. The van der Waals surface area contributed by atoms with E-state index in [1.807, 2.05) is 26.0 Å². The molecule has 0 amide bonds. The van der Waals surface area contributed by atoms with E-state index in [1.165, 1.54) is 6.07 Å². The largest absolute Gasteiger partial charge is 0.465 e. The highest BCUT2D eigenvalue weighted by molar-refractivity contribution is 6.30. The number of benzene rings is 1. The number of aryl methyl sites for hydroxylation is 1. The van der Waals surface area contributed by atoms with Crippen molar-refractivity contribution in [3.05, 3.63) is 58.3 Å². The molecule has 1 aromatic carbocycles. The van der Waals surface area contributed by atoms with Gasteiger partial charge in [0.25, 0.3) is 0 Å². The normalized spacial score (nSPS) is 12.6. The molecule has 2 nitrogen and oxygen atoms in total. The molecule has 0 radical (unpaired) electrons. The first kappa shape index (κ1) is 14.1. The average molecular weight is 282 g/mol. The van der Waals surface area contributed by atoms with Gasteiger partial charge in [0.15, 0.2) is 0 Å². The molecular weight excluding hydrogens is 265 g/mol. The minimum atomic E-state index is -0.240. The summed E-state index contributed by atoms with van der Waals surface area (Å²) in [5, 5.41) is 3.85. The summed E-state index contributed by atoms with van der Waals surface area (Å²) < 4.78 is 19.4. The second-order valence-corrected chi connectivity index (χ2v) is 4.93. The van der Waals surface area contributed by atoms with Crippen molar-refractivity contribution in [2.75, 3.05) is 6.54 Å². The Morgan fingerprint density at radius 2 is 2.11 bits per heavy atom. The quantitative estimate of drug-likeness (QED) is 0.885. The Kier molecular flexibility index (Phi) is 4.61. The van der Waals surface area contributed by atoms with Crippen LogP contribution in [0.4, 0.5) is 4.39 Å². The van der Waals surface area contributed by atoms with Crippen LogP contribution in [0.15, 0.2) is 34.7 Å². The Hall–Kier alpha value is -1.32. The van der Waals surface area contributed by atoms with Gasteiger partial charge in [-0.05, 0) is 55.8 Å². The molecule has 0 aliphatic carbocycles. The highest BCUT2D eigenvalue weighted by atomic mass is 35.5. The Morgan fingerprint density at radius 3 is 2.74 bits per heavy atom. The number of nitrogens with one attached hydrogen (secondary N) is 1. The van der Waals surface area contributed by atoms with Gasteiger partial charge in [-0.25, -0.2) is 4.39 Å². The summed E-state index contributed by atoms with van der Waals surface area (Å²) in [7, 11) is 0. The first-order valence-electron chi connectivity index (χ1n) is 6.33. The third-order valence-corrected chi connectivity index (χ3v) is 3.22. The summed E-state index contributed by atoms with van der Waals surface area (Å²) in [6, 6.07) is 8.40. The van der Waals surface area contributed by atoms with Gasteiger partial charge in [0.1, 0.15) is 17.3 Å². The lowest BCUT2D eigenvalue weighted by Crippen LogP contribution is -2.22. The molecular formula is C15H17ClFNO. The molecule has 2 rings (SSSR count). The molecule has 1 atom stereocenters. The zero-order chi connectivity index (χ0) is 13.8. The summed E-state index contributed by atoms with van der Waals surface area (Å²) in [6.07, 6.45) is 0.507. The summed E-state index contributed by atoms with van der Waals surface area (Å²) in [4.78, 5) is 0. The first-order valence-corrected chi connectivity index (χ1v) is 6.71. The number of halogens is 2. The van der Waals surface area contributed by atoms with Crippen molar-refractivity contribution in [2.45, 2.75) is 26.3 Å². The van der Waals surface area contributed by atoms with Crippen molar-refractivity contribution < 1.29 is 8.81 Å². The average Bonchev–Trinajstić information content (AvgIpc) is 2.80. The van der Waals surface area contributed by atoms with Crippen LogP contribution in [0.25, 0.3) is 0 Å². The lowest BCUT2D eigenvalue weighted by atomic mass is 10.0. The molecule has 1 N–H and O–H groups in total. The topological polar surface area (TPSA) is 25.2 Å². The van der Waals surface area contributed by atoms with Crippen LogP contribution >= 0.6 is 11.6 Å². The van der Waals surface area contributed by atoms with E-state index in [4.69, 9.17) is 16.0 Å². The Balaban J connectivity index is 2.23. The number of furan rings is 1. The summed E-state index contributed by atoms with van der Waals surface area (Å²) in [5.74, 6) is 1.43. The van der Waals surface area contributed by atoms with Crippen LogP contribution in [-0.4, -0.2) is 6.54 Å². The fraction of sp³-hybridized carbons (Fsp3) is 0.333. The molecule has 4 heteroatoms. The van der Waals surface area contributed by atoms with Gasteiger partial charge in [0, 0.05) is 5.02 Å². The smallest absolute Gasteiger partial charge is 0.126 e. The maximum absolute atomic E-state index is 13.8. The van der Waals surface area contributed by atoms with E-state index < -0.39 is 0 Å². The monoisotopic (exact) mass is 281 g/mol.